The molecule has 18 heavy (non-hydrogen) atoms. The van der Waals surface area contributed by atoms with Gasteiger partial charge in [0.05, 0.1) is 6.61 Å². The maximum absolute atomic E-state index is 5.71. The molecule has 3 nitrogen and oxygen atoms in total. The van der Waals surface area contributed by atoms with Gasteiger partial charge in [-0.1, -0.05) is 18.2 Å². The van der Waals surface area contributed by atoms with E-state index in [1.165, 1.54) is 24.1 Å². The largest absolute Gasteiger partial charge is 0.382 e. The molecule has 1 saturated heterocycles. The highest BCUT2D eigenvalue weighted by atomic mass is 16.5. The van der Waals surface area contributed by atoms with Crippen LogP contribution in [0.1, 0.15) is 30.7 Å². The number of ether oxygens (including phenoxy) is 1. The zero-order valence-corrected chi connectivity index (χ0v) is 10.8. The average molecular weight is 246 g/mol. The average Bonchev–Trinajstić information content (AvgIpc) is 2.92. The second kappa shape index (κ2) is 5.29. The van der Waals surface area contributed by atoms with Gasteiger partial charge in [-0.15, -0.1) is 0 Å². The lowest BCUT2D eigenvalue weighted by atomic mass is 9.77. The van der Waals surface area contributed by atoms with Crippen LogP contribution in [-0.2, 0) is 4.74 Å². The zero-order valence-electron chi connectivity index (χ0n) is 10.8. The van der Waals surface area contributed by atoms with E-state index < -0.39 is 0 Å². The number of hydrogen-bond donors (Lipinski definition) is 2. The first-order valence-corrected chi connectivity index (χ1v) is 7.01. The zero-order chi connectivity index (χ0) is 12.4. The van der Waals surface area contributed by atoms with Crippen molar-refractivity contribution >= 4 is 5.69 Å². The topological polar surface area (TPSA) is 47.3 Å². The third-order valence-electron chi connectivity index (χ3n) is 4.31. The summed E-state index contributed by atoms with van der Waals surface area (Å²) in [4.78, 5) is 0. The summed E-state index contributed by atoms with van der Waals surface area (Å²) in [5, 5.41) is 3.63. The lowest BCUT2D eigenvalue weighted by molar-refractivity contribution is 0.178. The molecular formula is C15H22N2O. The molecule has 2 heterocycles. The molecule has 0 amide bonds. The van der Waals surface area contributed by atoms with Gasteiger partial charge in [0.2, 0.25) is 0 Å². The normalized spacial score (nSPS) is 30.8. The Morgan fingerprint density at radius 1 is 1.33 bits per heavy atom. The number of nitrogens with two attached hydrogens (primary N) is 1. The van der Waals surface area contributed by atoms with Crippen LogP contribution in [0.2, 0.25) is 0 Å². The standard InChI is InChI=1S/C15H22N2O/c16-7-5-12-9-14(11-6-8-18-10-11)13-3-1-2-4-15(13)17-12/h1-4,11-12,14,17H,5-10,16H2. The fourth-order valence-electron chi connectivity index (χ4n) is 3.37. The Bertz CT molecular complexity index is 401. The molecule has 0 radical (unpaired) electrons. The third kappa shape index (κ3) is 2.25. The predicted octanol–water partition coefficient (Wildman–Crippen LogP) is 2.34. The Kier molecular flexibility index (Phi) is 3.52. The van der Waals surface area contributed by atoms with Crippen molar-refractivity contribution in [3.63, 3.8) is 0 Å². The maximum atomic E-state index is 5.71. The minimum atomic E-state index is 0.524. The summed E-state index contributed by atoms with van der Waals surface area (Å²) in [6.07, 6.45) is 3.45. The fraction of sp³-hybridized carbons (Fsp3) is 0.600. The highest BCUT2D eigenvalue weighted by molar-refractivity contribution is 5.56. The Labute approximate surface area is 109 Å². The van der Waals surface area contributed by atoms with Crippen molar-refractivity contribution in [1.82, 2.24) is 0 Å². The van der Waals surface area contributed by atoms with Gasteiger partial charge in [-0.3, -0.25) is 0 Å². The molecule has 0 spiro atoms. The molecular weight excluding hydrogens is 224 g/mol. The molecule has 1 aromatic rings. The predicted molar refractivity (Wildman–Crippen MR) is 73.8 cm³/mol. The minimum absolute atomic E-state index is 0.524. The van der Waals surface area contributed by atoms with Crippen LogP contribution in [0.3, 0.4) is 0 Å². The van der Waals surface area contributed by atoms with E-state index in [0.29, 0.717) is 17.9 Å². The summed E-state index contributed by atoms with van der Waals surface area (Å²) in [6.45, 7) is 2.61. The van der Waals surface area contributed by atoms with Gasteiger partial charge >= 0.3 is 0 Å². The number of para-hydroxylation sites is 1. The molecule has 0 aliphatic carbocycles. The van der Waals surface area contributed by atoms with Gasteiger partial charge in [-0.05, 0) is 49.3 Å². The SMILES string of the molecule is NCCC1CC(C2CCOC2)c2ccccc2N1. The number of fused-ring (bicyclic) bond motifs is 1. The van der Waals surface area contributed by atoms with Crippen molar-refractivity contribution in [2.75, 3.05) is 25.1 Å². The van der Waals surface area contributed by atoms with Crippen molar-refractivity contribution in [2.45, 2.75) is 31.2 Å². The van der Waals surface area contributed by atoms with Crippen molar-refractivity contribution in [2.24, 2.45) is 11.7 Å². The molecule has 2 aliphatic heterocycles. The molecule has 0 bridgehead atoms. The van der Waals surface area contributed by atoms with Gasteiger partial charge in [0.15, 0.2) is 0 Å². The Balaban J connectivity index is 1.86. The summed E-state index contributed by atoms with van der Waals surface area (Å²) < 4.78 is 5.58. The van der Waals surface area contributed by atoms with Crippen LogP contribution in [0.4, 0.5) is 5.69 Å². The molecule has 1 fully saturated rings. The molecule has 3 unspecified atom stereocenters. The third-order valence-corrected chi connectivity index (χ3v) is 4.31. The molecule has 3 heteroatoms. The van der Waals surface area contributed by atoms with Crippen LogP contribution in [0.25, 0.3) is 0 Å². The van der Waals surface area contributed by atoms with E-state index in [2.05, 4.69) is 29.6 Å². The first-order valence-electron chi connectivity index (χ1n) is 7.01. The number of rotatable bonds is 3. The Morgan fingerprint density at radius 2 is 2.22 bits per heavy atom. The summed E-state index contributed by atoms with van der Waals surface area (Å²) in [7, 11) is 0. The van der Waals surface area contributed by atoms with Crippen LogP contribution >= 0.6 is 0 Å². The second-order valence-electron chi connectivity index (χ2n) is 5.47. The van der Waals surface area contributed by atoms with Crippen LogP contribution in [0, 0.1) is 5.92 Å². The minimum Gasteiger partial charge on any atom is -0.382 e. The lowest BCUT2D eigenvalue weighted by Crippen LogP contribution is -2.33. The van der Waals surface area contributed by atoms with E-state index in [1.807, 2.05) is 0 Å². The van der Waals surface area contributed by atoms with E-state index in [0.717, 1.165) is 26.2 Å². The van der Waals surface area contributed by atoms with Gasteiger partial charge in [0, 0.05) is 18.3 Å². The number of anilines is 1. The highest BCUT2D eigenvalue weighted by Gasteiger charge is 2.33. The Hall–Kier alpha value is -1.06. The maximum Gasteiger partial charge on any atom is 0.0500 e. The highest BCUT2D eigenvalue weighted by Crippen LogP contribution is 2.42. The van der Waals surface area contributed by atoms with E-state index in [1.54, 1.807) is 0 Å². The quantitative estimate of drug-likeness (QED) is 0.860. The van der Waals surface area contributed by atoms with Gasteiger partial charge in [0.1, 0.15) is 0 Å². The first kappa shape index (κ1) is 12.0. The van der Waals surface area contributed by atoms with E-state index in [4.69, 9.17) is 10.5 Å². The summed E-state index contributed by atoms with van der Waals surface area (Å²) in [5.74, 6) is 1.33. The first-order chi connectivity index (χ1) is 8.88. The van der Waals surface area contributed by atoms with Gasteiger partial charge < -0.3 is 15.8 Å². The van der Waals surface area contributed by atoms with Crippen LogP contribution in [0.5, 0.6) is 0 Å². The Morgan fingerprint density at radius 3 is 3.00 bits per heavy atom. The van der Waals surface area contributed by atoms with Crippen molar-refractivity contribution in [3.8, 4) is 0 Å². The molecule has 2 aliphatic rings. The van der Waals surface area contributed by atoms with Crippen molar-refractivity contribution < 1.29 is 4.74 Å². The molecule has 3 N–H and O–H groups in total. The second-order valence-corrected chi connectivity index (χ2v) is 5.47. The fourth-order valence-corrected chi connectivity index (χ4v) is 3.37. The number of benzene rings is 1. The van der Waals surface area contributed by atoms with Gasteiger partial charge in [-0.25, -0.2) is 0 Å². The molecule has 98 valence electrons. The smallest absolute Gasteiger partial charge is 0.0500 e. The van der Waals surface area contributed by atoms with E-state index in [-0.39, 0.29) is 0 Å². The summed E-state index contributed by atoms with van der Waals surface area (Å²) in [6, 6.07) is 9.24. The van der Waals surface area contributed by atoms with Crippen molar-refractivity contribution in [3.05, 3.63) is 29.8 Å². The van der Waals surface area contributed by atoms with Gasteiger partial charge in [0.25, 0.3) is 0 Å². The van der Waals surface area contributed by atoms with Crippen molar-refractivity contribution in [1.29, 1.82) is 0 Å². The molecule has 3 atom stereocenters. The van der Waals surface area contributed by atoms with E-state index >= 15 is 0 Å². The molecule has 0 aromatic heterocycles. The van der Waals surface area contributed by atoms with Crippen LogP contribution in [-0.4, -0.2) is 25.8 Å². The number of hydrogen-bond acceptors (Lipinski definition) is 3. The lowest BCUT2D eigenvalue weighted by Gasteiger charge is -2.35. The molecule has 1 aromatic carbocycles. The van der Waals surface area contributed by atoms with Gasteiger partial charge in [-0.2, -0.15) is 0 Å². The van der Waals surface area contributed by atoms with E-state index in [9.17, 15) is 0 Å². The van der Waals surface area contributed by atoms with Crippen LogP contribution in [0.15, 0.2) is 24.3 Å². The van der Waals surface area contributed by atoms with Crippen LogP contribution < -0.4 is 11.1 Å². The summed E-state index contributed by atoms with van der Waals surface area (Å²) in [5.41, 5.74) is 8.49. The monoisotopic (exact) mass is 246 g/mol. The summed E-state index contributed by atoms with van der Waals surface area (Å²) >= 11 is 0. The number of nitrogens with one attached hydrogen (secondary N) is 1. The molecule has 3 rings (SSSR count). The molecule has 0 saturated carbocycles.